The minimum Gasteiger partial charge on any atom is -0.497 e. The van der Waals surface area contributed by atoms with E-state index in [-0.39, 0.29) is 35.7 Å². The molecule has 2 aliphatic rings. The second-order valence-electron chi connectivity index (χ2n) is 9.20. The van der Waals surface area contributed by atoms with E-state index in [0.29, 0.717) is 12.2 Å². The number of carbonyl (C=O) groups is 3. The second kappa shape index (κ2) is 11.9. The van der Waals surface area contributed by atoms with Crippen LogP contribution < -0.4 is 9.64 Å². The lowest BCUT2D eigenvalue weighted by Crippen LogP contribution is -2.46. The van der Waals surface area contributed by atoms with Crippen LogP contribution in [0.15, 0.2) is 65.1 Å². The molecule has 1 fully saturated rings. The molecule has 0 N–H and O–H groups in total. The van der Waals surface area contributed by atoms with Gasteiger partial charge >= 0.3 is 5.97 Å². The van der Waals surface area contributed by atoms with Gasteiger partial charge in [-0.25, -0.2) is 18.1 Å². The zero-order chi connectivity index (χ0) is 27.3. The van der Waals surface area contributed by atoms with Gasteiger partial charge in [0.15, 0.2) is 0 Å². The summed E-state index contributed by atoms with van der Waals surface area (Å²) in [4.78, 5) is 39.6. The summed E-state index contributed by atoms with van der Waals surface area (Å²) in [6, 6.07) is 10.7. The highest BCUT2D eigenvalue weighted by Gasteiger charge is 2.46. The Kier molecular flexibility index (Phi) is 8.63. The second-order valence-corrected chi connectivity index (χ2v) is 11.1. The average molecular weight is 541 g/mol. The van der Waals surface area contributed by atoms with Gasteiger partial charge in [-0.05, 0) is 87.6 Å². The number of sulfonamides is 1. The Hall–Kier alpha value is -3.50. The summed E-state index contributed by atoms with van der Waals surface area (Å²) in [6.45, 7) is 2.00. The number of hydrogen-bond acceptors (Lipinski definition) is 7. The van der Waals surface area contributed by atoms with Crippen LogP contribution in [-0.2, 0) is 24.3 Å². The molecule has 0 radical (unpaired) electrons. The maximum absolute atomic E-state index is 13.8. The van der Waals surface area contributed by atoms with Gasteiger partial charge in [-0.3, -0.25) is 9.59 Å². The number of allylic oxidation sites excluding steroid dienone is 1. The number of carbonyl (C=O) groups excluding carboxylic acids is 3. The largest absolute Gasteiger partial charge is 0.497 e. The molecule has 1 unspecified atom stereocenters. The molecule has 38 heavy (non-hydrogen) atoms. The predicted octanol–water partition coefficient (Wildman–Crippen LogP) is 4.09. The number of anilines is 1. The molecule has 9 nitrogen and oxygen atoms in total. The normalized spacial score (nSPS) is 18.0. The minimum absolute atomic E-state index is 0.0217. The van der Waals surface area contributed by atoms with E-state index < -0.39 is 33.8 Å². The van der Waals surface area contributed by atoms with E-state index in [1.807, 2.05) is 0 Å². The zero-order valence-corrected chi connectivity index (χ0v) is 22.4. The van der Waals surface area contributed by atoms with Crippen LogP contribution in [0.4, 0.5) is 5.69 Å². The lowest BCUT2D eigenvalue weighted by Gasteiger charge is -2.28. The fraction of sp³-hybridized carbons (Fsp3) is 0.393. The van der Waals surface area contributed by atoms with Crippen molar-refractivity contribution in [1.82, 2.24) is 4.31 Å². The van der Waals surface area contributed by atoms with Crippen LogP contribution in [0.3, 0.4) is 0 Å². The first kappa shape index (κ1) is 27.5. The van der Waals surface area contributed by atoms with Crippen molar-refractivity contribution in [1.29, 1.82) is 0 Å². The molecular weight excluding hydrogens is 508 g/mol. The Morgan fingerprint density at radius 2 is 1.76 bits per heavy atom. The molecule has 1 aliphatic heterocycles. The van der Waals surface area contributed by atoms with Crippen LogP contribution in [0.1, 0.15) is 55.8 Å². The Bertz CT molecular complexity index is 1320. The van der Waals surface area contributed by atoms with E-state index >= 15 is 0 Å². The summed E-state index contributed by atoms with van der Waals surface area (Å²) >= 11 is 0. The molecule has 202 valence electrons. The third kappa shape index (κ3) is 5.81. The van der Waals surface area contributed by atoms with Crippen molar-refractivity contribution in [3.63, 3.8) is 0 Å². The van der Waals surface area contributed by atoms with Gasteiger partial charge in [0, 0.05) is 6.54 Å². The average Bonchev–Trinajstić information content (AvgIpc) is 3.22. The van der Waals surface area contributed by atoms with Crippen molar-refractivity contribution in [3.8, 4) is 5.75 Å². The molecule has 0 bridgehead atoms. The first-order valence-electron chi connectivity index (χ1n) is 12.7. The Labute approximate surface area is 223 Å². The minimum atomic E-state index is -4.11. The number of rotatable bonds is 10. The fourth-order valence-corrected chi connectivity index (χ4v) is 6.37. The molecule has 4 rings (SSSR count). The maximum Gasteiger partial charge on any atom is 0.338 e. The summed E-state index contributed by atoms with van der Waals surface area (Å²) in [6.07, 6.45) is 6.36. The topological polar surface area (TPSA) is 110 Å². The van der Waals surface area contributed by atoms with Gasteiger partial charge in [0.1, 0.15) is 11.8 Å². The van der Waals surface area contributed by atoms with Crippen molar-refractivity contribution >= 4 is 33.5 Å². The number of esters is 1. The van der Waals surface area contributed by atoms with Gasteiger partial charge in [0.05, 0.1) is 36.3 Å². The highest BCUT2D eigenvalue weighted by molar-refractivity contribution is 7.89. The molecule has 2 aromatic rings. The van der Waals surface area contributed by atoms with Crippen molar-refractivity contribution in [3.05, 3.63) is 65.7 Å². The van der Waals surface area contributed by atoms with Crippen LogP contribution in [0, 0.1) is 0 Å². The fourth-order valence-electron chi connectivity index (χ4n) is 4.79. The van der Waals surface area contributed by atoms with E-state index in [0.717, 1.165) is 40.5 Å². The van der Waals surface area contributed by atoms with E-state index in [1.165, 1.54) is 43.5 Å². The van der Waals surface area contributed by atoms with E-state index in [1.54, 1.807) is 19.1 Å². The number of benzene rings is 2. The number of amides is 2. The smallest absolute Gasteiger partial charge is 0.338 e. The van der Waals surface area contributed by atoms with E-state index in [2.05, 4.69) is 6.08 Å². The number of methoxy groups -OCH3 is 1. The molecule has 0 aromatic heterocycles. The maximum atomic E-state index is 13.8. The van der Waals surface area contributed by atoms with Gasteiger partial charge in [0.25, 0.3) is 5.91 Å². The lowest BCUT2D eigenvalue weighted by molar-refractivity contribution is -0.122. The summed E-state index contributed by atoms with van der Waals surface area (Å²) in [7, 11) is -2.62. The van der Waals surface area contributed by atoms with Crippen molar-refractivity contribution < 1.29 is 32.3 Å². The molecule has 0 spiro atoms. The zero-order valence-electron chi connectivity index (χ0n) is 21.6. The molecule has 0 saturated carbocycles. The molecule has 2 amide bonds. The third-order valence-electron chi connectivity index (χ3n) is 6.81. The number of imide groups is 1. The van der Waals surface area contributed by atoms with Crippen molar-refractivity contribution in [2.75, 3.05) is 25.2 Å². The predicted molar refractivity (Wildman–Crippen MR) is 141 cm³/mol. The molecule has 1 saturated heterocycles. The number of nitrogens with zero attached hydrogens (tertiary/aromatic N) is 2. The molecule has 10 heteroatoms. The summed E-state index contributed by atoms with van der Waals surface area (Å²) < 4.78 is 38.9. The summed E-state index contributed by atoms with van der Waals surface area (Å²) in [5.74, 6) is -1.12. The number of ether oxygens (including phenoxy) is 2. The highest BCUT2D eigenvalue weighted by Crippen LogP contribution is 2.31. The first-order valence-corrected chi connectivity index (χ1v) is 14.2. The van der Waals surface area contributed by atoms with Crippen LogP contribution in [0.2, 0.25) is 0 Å². The molecule has 1 aliphatic carbocycles. The Morgan fingerprint density at radius 1 is 1.05 bits per heavy atom. The van der Waals surface area contributed by atoms with Gasteiger partial charge in [-0.2, -0.15) is 4.31 Å². The first-order chi connectivity index (χ1) is 18.3. The van der Waals surface area contributed by atoms with Gasteiger partial charge in [-0.15, -0.1) is 0 Å². The van der Waals surface area contributed by atoms with Gasteiger partial charge in [-0.1, -0.05) is 11.6 Å². The van der Waals surface area contributed by atoms with E-state index in [4.69, 9.17) is 9.47 Å². The van der Waals surface area contributed by atoms with Crippen LogP contribution in [0.5, 0.6) is 5.75 Å². The molecule has 1 heterocycles. The third-order valence-corrected chi connectivity index (χ3v) is 8.73. The molecule has 1 atom stereocenters. The van der Waals surface area contributed by atoms with E-state index in [9.17, 15) is 22.8 Å². The highest BCUT2D eigenvalue weighted by atomic mass is 32.2. The summed E-state index contributed by atoms with van der Waals surface area (Å²) in [5.41, 5.74) is 1.72. The summed E-state index contributed by atoms with van der Waals surface area (Å²) in [5, 5.41) is 0. The SMILES string of the molecule is CCOC(=O)c1ccc(N2C(=O)CC(N(CCC3=CCCCC3)S(=O)(=O)c3ccc(OC)cc3)C2=O)cc1. The van der Waals surface area contributed by atoms with Crippen LogP contribution >= 0.6 is 0 Å². The Balaban J connectivity index is 1.63. The molecule has 2 aromatic carbocycles. The number of hydrogen-bond donors (Lipinski definition) is 0. The van der Waals surface area contributed by atoms with Gasteiger partial charge in [0.2, 0.25) is 15.9 Å². The lowest BCUT2D eigenvalue weighted by atomic mass is 9.97. The Morgan fingerprint density at radius 3 is 2.37 bits per heavy atom. The van der Waals surface area contributed by atoms with Crippen LogP contribution in [0.25, 0.3) is 0 Å². The van der Waals surface area contributed by atoms with Crippen molar-refractivity contribution in [2.24, 2.45) is 0 Å². The standard InChI is InChI=1S/C28H32N2O7S/c1-3-37-28(33)21-9-11-22(12-10-21)30-26(31)19-25(27(30)32)29(18-17-20-7-5-4-6-8-20)38(34,35)24-15-13-23(36-2)14-16-24/h7,9-16,25H,3-6,8,17-19H2,1-2H3. The van der Waals surface area contributed by atoms with Crippen LogP contribution in [-0.4, -0.2) is 56.8 Å². The van der Waals surface area contributed by atoms with Gasteiger partial charge < -0.3 is 9.47 Å². The monoisotopic (exact) mass is 540 g/mol. The van der Waals surface area contributed by atoms with Crippen molar-refractivity contribution in [2.45, 2.75) is 56.4 Å². The quantitative estimate of drug-likeness (QED) is 0.254. The molecular formula is C28H32N2O7S.